The molecule has 1 saturated carbocycles. The Hall–Kier alpha value is -0.930. The molecule has 2 aromatic rings. The SMILES string of the molecule is CSCCn1c(C)c(C)c2cc(CNC3CC3)ccc21. The Morgan fingerprint density at radius 3 is 2.80 bits per heavy atom. The van der Waals surface area contributed by atoms with Crippen LogP contribution >= 0.6 is 11.8 Å². The number of hydrogen-bond donors (Lipinski definition) is 1. The van der Waals surface area contributed by atoms with Crippen molar-refractivity contribution in [1.29, 1.82) is 0 Å². The maximum atomic E-state index is 3.60. The van der Waals surface area contributed by atoms with Crippen LogP contribution in [0, 0.1) is 13.8 Å². The lowest BCUT2D eigenvalue weighted by Gasteiger charge is -2.08. The van der Waals surface area contributed by atoms with Crippen molar-refractivity contribution in [3.8, 4) is 0 Å². The van der Waals surface area contributed by atoms with Gasteiger partial charge >= 0.3 is 0 Å². The lowest BCUT2D eigenvalue weighted by Crippen LogP contribution is -2.15. The topological polar surface area (TPSA) is 17.0 Å². The maximum absolute atomic E-state index is 3.60. The zero-order valence-corrected chi connectivity index (χ0v) is 13.5. The molecule has 108 valence electrons. The molecule has 0 bridgehead atoms. The second-order valence-electron chi connectivity index (χ2n) is 5.86. The Bertz CT molecular complexity index is 611. The summed E-state index contributed by atoms with van der Waals surface area (Å²) in [5.74, 6) is 1.18. The fraction of sp³-hybridized carbons (Fsp3) is 0.529. The lowest BCUT2D eigenvalue weighted by molar-refractivity contribution is 0.688. The van der Waals surface area contributed by atoms with E-state index in [1.54, 1.807) is 0 Å². The molecule has 3 rings (SSSR count). The van der Waals surface area contributed by atoms with Gasteiger partial charge in [0.2, 0.25) is 0 Å². The van der Waals surface area contributed by atoms with Gasteiger partial charge < -0.3 is 9.88 Å². The first-order valence-corrected chi connectivity index (χ1v) is 8.90. The third-order valence-corrected chi connectivity index (χ3v) is 4.99. The number of aromatic nitrogens is 1. The van der Waals surface area contributed by atoms with Gasteiger partial charge in [-0.25, -0.2) is 0 Å². The third-order valence-electron chi connectivity index (χ3n) is 4.39. The molecule has 0 aliphatic heterocycles. The molecule has 1 heterocycles. The van der Waals surface area contributed by atoms with Crippen molar-refractivity contribution in [2.45, 2.75) is 45.8 Å². The van der Waals surface area contributed by atoms with Crippen LogP contribution in [0.15, 0.2) is 18.2 Å². The highest BCUT2D eigenvalue weighted by atomic mass is 32.2. The summed E-state index contributed by atoms with van der Waals surface area (Å²) in [6, 6.07) is 7.74. The second kappa shape index (κ2) is 5.82. The smallest absolute Gasteiger partial charge is 0.0485 e. The van der Waals surface area contributed by atoms with Gasteiger partial charge in [-0.1, -0.05) is 6.07 Å². The Morgan fingerprint density at radius 2 is 2.10 bits per heavy atom. The molecule has 0 saturated heterocycles. The van der Waals surface area contributed by atoms with E-state index in [0.717, 1.165) is 19.1 Å². The molecule has 20 heavy (non-hydrogen) atoms. The van der Waals surface area contributed by atoms with Gasteiger partial charge in [0.25, 0.3) is 0 Å². The van der Waals surface area contributed by atoms with E-state index >= 15 is 0 Å². The zero-order chi connectivity index (χ0) is 14.1. The van der Waals surface area contributed by atoms with E-state index in [1.807, 2.05) is 11.8 Å². The van der Waals surface area contributed by atoms with Gasteiger partial charge in [0, 0.05) is 41.5 Å². The first kappa shape index (κ1) is 14.0. The molecule has 1 aromatic heterocycles. The van der Waals surface area contributed by atoms with Gasteiger partial charge in [0.05, 0.1) is 0 Å². The van der Waals surface area contributed by atoms with Gasteiger partial charge in [0.15, 0.2) is 0 Å². The van der Waals surface area contributed by atoms with Crippen molar-refractivity contribution in [1.82, 2.24) is 9.88 Å². The lowest BCUT2D eigenvalue weighted by atomic mass is 10.1. The predicted octanol–water partition coefficient (Wildman–Crippen LogP) is 3.87. The van der Waals surface area contributed by atoms with Crippen molar-refractivity contribution in [2.24, 2.45) is 0 Å². The van der Waals surface area contributed by atoms with Crippen LogP contribution < -0.4 is 5.32 Å². The first-order chi connectivity index (χ1) is 9.70. The standard InChI is InChI=1S/C17H24N2S/c1-12-13(2)19(8-9-20-3)17-7-4-14(10-16(12)17)11-18-15-5-6-15/h4,7,10,15,18H,5-6,8-9,11H2,1-3H3. The van der Waals surface area contributed by atoms with E-state index < -0.39 is 0 Å². The molecule has 1 aliphatic carbocycles. The van der Waals surface area contributed by atoms with Crippen molar-refractivity contribution < 1.29 is 0 Å². The summed E-state index contributed by atoms with van der Waals surface area (Å²) in [5.41, 5.74) is 5.66. The van der Waals surface area contributed by atoms with Crippen molar-refractivity contribution in [3.05, 3.63) is 35.0 Å². The summed E-state index contributed by atoms with van der Waals surface area (Å²) >= 11 is 1.91. The molecule has 0 atom stereocenters. The Kier molecular flexibility index (Phi) is 4.08. The van der Waals surface area contributed by atoms with Crippen LogP contribution in [-0.4, -0.2) is 22.6 Å². The number of hydrogen-bond acceptors (Lipinski definition) is 2. The van der Waals surface area contributed by atoms with Crippen LogP contribution in [0.4, 0.5) is 0 Å². The Balaban J connectivity index is 1.90. The monoisotopic (exact) mass is 288 g/mol. The summed E-state index contributed by atoms with van der Waals surface area (Å²) in [5, 5.41) is 5.03. The Morgan fingerprint density at radius 1 is 1.30 bits per heavy atom. The molecule has 0 radical (unpaired) electrons. The molecule has 0 unspecified atom stereocenters. The number of benzene rings is 1. The van der Waals surface area contributed by atoms with E-state index in [4.69, 9.17) is 0 Å². The number of rotatable bonds is 6. The van der Waals surface area contributed by atoms with Crippen LogP contribution in [0.25, 0.3) is 10.9 Å². The van der Waals surface area contributed by atoms with Crippen LogP contribution in [0.5, 0.6) is 0 Å². The van der Waals surface area contributed by atoms with Crippen LogP contribution in [0.3, 0.4) is 0 Å². The first-order valence-electron chi connectivity index (χ1n) is 7.51. The predicted molar refractivity (Wildman–Crippen MR) is 89.7 cm³/mol. The highest BCUT2D eigenvalue weighted by Crippen LogP contribution is 2.27. The highest BCUT2D eigenvalue weighted by molar-refractivity contribution is 7.98. The van der Waals surface area contributed by atoms with Gasteiger partial charge in [-0.15, -0.1) is 0 Å². The van der Waals surface area contributed by atoms with E-state index in [1.165, 1.54) is 46.3 Å². The number of fused-ring (bicyclic) bond motifs is 1. The van der Waals surface area contributed by atoms with Crippen molar-refractivity contribution in [3.63, 3.8) is 0 Å². The molecule has 0 amide bonds. The minimum Gasteiger partial charge on any atom is -0.344 e. The number of nitrogens with zero attached hydrogens (tertiary/aromatic N) is 1. The maximum Gasteiger partial charge on any atom is 0.0485 e. The van der Waals surface area contributed by atoms with Gasteiger partial charge in [-0.05, 0) is 56.2 Å². The zero-order valence-electron chi connectivity index (χ0n) is 12.7. The fourth-order valence-electron chi connectivity index (χ4n) is 2.83. The summed E-state index contributed by atoms with van der Waals surface area (Å²) < 4.78 is 2.47. The minimum absolute atomic E-state index is 0.778. The van der Waals surface area contributed by atoms with Gasteiger partial charge in [0.1, 0.15) is 0 Å². The summed E-state index contributed by atoms with van der Waals surface area (Å²) in [6.45, 7) is 6.62. The van der Waals surface area contributed by atoms with E-state index in [0.29, 0.717) is 0 Å². The van der Waals surface area contributed by atoms with E-state index in [2.05, 4.69) is 48.2 Å². The Labute approximate surface area is 125 Å². The second-order valence-corrected chi connectivity index (χ2v) is 6.85. The van der Waals surface area contributed by atoms with Crippen LogP contribution in [0.2, 0.25) is 0 Å². The molecule has 1 N–H and O–H groups in total. The molecule has 1 aliphatic rings. The van der Waals surface area contributed by atoms with Crippen LogP contribution in [-0.2, 0) is 13.1 Å². The highest BCUT2D eigenvalue weighted by Gasteiger charge is 2.20. The number of thioether (sulfide) groups is 1. The summed E-state index contributed by atoms with van der Waals surface area (Å²) in [4.78, 5) is 0. The normalized spacial score (nSPS) is 15.2. The summed E-state index contributed by atoms with van der Waals surface area (Å²) in [6.07, 6.45) is 4.88. The molecule has 3 heteroatoms. The number of nitrogens with one attached hydrogen (secondary N) is 1. The molecular weight excluding hydrogens is 264 g/mol. The molecule has 2 nitrogen and oxygen atoms in total. The quantitative estimate of drug-likeness (QED) is 0.869. The van der Waals surface area contributed by atoms with Crippen LogP contribution in [0.1, 0.15) is 29.7 Å². The number of aryl methyl sites for hydroxylation is 2. The molecular formula is C17H24N2S. The molecule has 0 spiro atoms. The van der Waals surface area contributed by atoms with Gasteiger partial charge in [-0.2, -0.15) is 11.8 Å². The third kappa shape index (κ3) is 2.75. The average molecular weight is 288 g/mol. The van der Waals surface area contributed by atoms with Gasteiger partial charge in [-0.3, -0.25) is 0 Å². The minimum atomic E-state index is 0.778. The molecule has 1 aromatic carbocycles. The van der Waals surface area contributed by atoms with E-state index in [9.17, 15) is 0 Å². The largest absolute Gasteiger partial charge is 0.344 e. The average Bonchev–Trinajstić information content (AvgIpc) is 3.25. The summed E-state index contributed by atoms with van der Waals surface area (Å²) in [7, 11) is 0. The fourth-order valence-corrected chi connectivity index (χ4v) is 3.19. The molecule has 1 fully saturated rings. The van der Waals surface area contributed by atoms with E-state index in [-0.39, 0.29) is 0 Å². The van der Waals surface area contributed by atoms with Crippen molar-refractivity contribution >= 4 is 22.7 Å². The van der Waals surface area contributed by atoms with Crippen molar-refractivity contribution in [2.75, 3.05) is 12.0 Å².